The fourth-order valence-electron chi connectivity index (χ4n) is 1.66. The summed E-state index contributed by atoms with van der Waals surface area (Å²) in [4.78, 5) is 0. The number of benzene rings is 2. The number of nitriles is 1. The second-order valence-corrected chi connectivity index (χ2v) is 4.12. The predicted molar refractivity (Wildman–Crippen MR) is 69.6 cm³/mol. The van der Waals surface area contributed by atoms with Gasteiger partial charge < -0.3 is 5.32 Å². The largest absolute Gasteiger partial charge is 0.366 e. The van der Waals surface area contributed by atoms with E-state index in [2.05, 4.69) is 11.4 Å². The molecule has 2 aromatic rings. The van der Waals surface area contributed by atoms with Gasteiger partial charge in [0, 0.05) is 5.69 Å². The van der Waals surface area contributed by atoms with E-state index < -0.39 is 6.04 Å². The van der Waals surface area contributed by atoms with Gasteiger partial charge in [0.2, 0.25) is 0 Å². The molecule has 0 radical (unpaired) electrons. The standard InChI is InChI=1S/C15H13FN2/c1-11-2-4-12(5-3-11)15(10-17)18-14-8-6-13(16)7-9-14/h2-9,15,18H,1H3. The minimum Gasteiger partial charge on any atom is -0.366 e. The monoisotopic (exact) mass is 240 g/mol. The lowest BCUT2D eigenvalue weighted by Crippen LogP contribution is -2.08. The molecule has 0 aliphatic carbocycles. The maximum atomic E-state index is 12.8. The lowest BCUT2D eigenvalue weighted by molar-refractivity contribution is 0.628. The average Bonchev–Trinajstić information content (AvgIpc) is 2.39. The summed E-state index contributed by atoms with van der Waals surface area (Å²) in [6.07, 6.45) is 0. The summed E-state index contributed by atoms with van der Waals surface area (Å²) in [5, 5.41) is 12.2. The van der Waals surface area contributed by atoms with Gasteiger partial charge in [0.25, 0.3) is 0 Å². The van der Waals surface area contributed by atoms with Crippen LogP contribution in [-0.4, -0.2) is 0 Å². The van der Waals surface area contributed by atoms with Gasteiger partial charge in [0.15, 0.2) is 0 Å². The van der Waals surface area contributed by atoms with Crippen molar-refractivity contribution in [3.63, 3.8) is 0 Å². The summed E-state index contributed by atoms with van der Waals surface area (Å²) in [5.74, 6) is -0.288. The molecular weight excluding hydrogens is 227 g/mol. The normalized spacial score (nSPS) is 11.6. The fourth-order valence-corrected chi connectivity index (χ4v) is 1.66. The molecule has 3 heteroatoms. The summed E-state index contributed by atoms with van der Waals surface area (Å²) < 4.78 is 12.8. The molecular formula is C15H13FN2. The van der Waals surface area contributed by atoms with Crippen LogP contribution in [0.2, 0.25) is 0 Å². The zero-order chi connectivity index (χ0) is 13.0. The Hall–Kier alpha value is -2.34. The van der Waals surface area contributed by atoms with Crippen molar-refractivity contribution >= 4 is 5.69 Å². The Morgan fingerprint density at radius 1 is 1.06 bits per heavy atom. The number of nitrogens with zero attached hydrogens (tertiary/aromatic N) is 1. The molecule has 0 fully saturated rings. The Morgan fingerprint density at radius 2 is 1.67 bits per heavy atom. The van der Waals surface area contributed by atoms with E-state index in [1.54, 1.807) is 12.1 Å². The Balaban J connectivity index is 2.17. The molecule has 0 aromatic heterocycles. The molecule has 0 aliphatic rings. The number of hydrogen-bond donors (Lipinski definition) is 1. The number of anilines is 1. The minimum absolute atomic E-state index is 0.288. The predicted octanol–water partition coefficient (Wildman–Crippen LogP) is 3.81. The second-order valence-electron chi connectivity index (χ2n) is 4.12. The van der Waals surface area contributed by atoms with Crippen LogP contribution in [0.3, 0.4) is 0 Å². The van der Waals surface area contributed by atoms with Crippen molar-refractivity contribution in [2.45, 2.75) is 13.0 Å². The van der Waals surface area contributed by atoms with Crippen LogP contribution in [0.1, 0.15) is 17.2 Å². The average molecular weight is 240 g/mol. The molecule has 1 N–H and O–H groups in total. The number of nitrogens with one attached hydrogen (secondary N) is 1. The molecule has 0 heterocycles. The third-order valence-electron chi connectivity index (χ3n) is 2.70. The lowest BCUT2D eigenvalue weighted by Gasteiger charge is -2.13. The molecule has 0 aliphatic heterocycles. The van der Waals surface area contributed by atoms with E-state index in [0.717, 1.165) is 16.8 Å². The maximum absolute atomic E-state index is 12.8. The first-order valence-electron chi connectivity index (χ1n) is 5.67. The van der Waals surface area contributed by atoms with Crippen molar-refractivity contribution in [3.8, 4) is 6.07 Å². The van der Waals surface area contributed by atoms with Gasteiger partial charge in [-0.15, -0.1) is 0 Å². The van der Waals surface area contributed by atoms with Crippen molar-refractivity contribution in [1.29, 1.82) is 5.26 Å². The lowest BCUT2D eigenvalue weighted by atomic mass is 10.1. The van der Waals surface area contributed by atoms with E-state index in [1.165, 1.54) is 12.1 Å². The molecule has 18 heavy (non-hydrogen) atoms. The highest BCUT2D eigenvalue weighted by molar-refractivity contribution is 5.47. The Labute approximate surface area is 106 Å². The summed E-state index contributed by atoms with van der Waals surface area (Å²) in [7, 11) is 0. The highest BCUT2D eigenvalue weighted by atomic mass is 19.1. The minimum atomic E-state index is -0.434. The van der Waals surface area contributed by atoms with E-state index in [4.69, 9.17) is 0 Å². The Kier molecular flexibility index (Phi) is 3.59. The summed E-state index contributed by atoms with van der Waals surface area (Å²) in [6, 6.07) is 15.5. The van der Waals surface area contributed by atoms with Crippen LogP contribution in [0.5, 0.6) is 0 Å². The quantitative estimate of drug-likeness (QED) is 0.885. The molecule has 0 bridgehead atoms. The second kappa shape index (κ2) is 5.33. The van der Waals surface area contributed by atoms with Gasteiger partial charge in [0.1, 0.15) is 11.9 Å². The van der Waals surface area contributed by atoms with Crippen molar-refractivity contribution < 1.29 is 4.39 Å². The molecule has 0 saturated heterocycles. The molecule has 90 valence electrons. The van der Waals surface area contributed by atoms with Crippen LogP contribution in [0.4, 0.5) is 10.1 Å². The molecule has 2 aromatic carbocycles. The molecule has 1 atom stereocenters. The van der Waals surface area contributed by atoms with Gasteiger partial charge >= 0.3 is 0 Å². The molecule has 1 unspecified atom stereocenters. The van der Waals surface area contributed by atoms with E-state index >= 15 is 0 Å². The summed E-state index contributed by atoms with van der Waals surface area (Å²) in [6.45, 7) is 2.00. The number of hydrogen-bond acceptors (Lipinski definition) is 2. The van der Waals surface area contributed by atoms with E-state index in [0.29, 0.717) is 0 Å². The van der Waals surface area contributed by atoms with Gasteiger partial charge in [-0.25, -0.2) is 4.39 Å². The SMILES string of the molecule is Cc1ccc(C(C#N)Nc2ccc(F)cc2)cc1. The highest BCUT2D eigenvalue weighted by Crippen LogP contribution is 2.19. The van der Waals surface area contributed by atoms with Gasteiger partial charge in [-0.2, -0.15) is 5.26 Å². The van der Waals surface area contributed by atoms with E-state index in [1.807, 2.05) is 31.2 Å². The third-order valence-corrected chi connectivity index (χ3v) is 2.70. The highest BCUT2D eigenvalue weighted by Gasteiger charge is 2.09. The van der Waals surface area contributed by atoms with Crippen molar-refractivity contribution in [1.82, 2.24) is 0 Å². The van der Waals surface area contributed by atoms with Crippen LogP contribution in [0.15, 0.2) is 48.5 Å². The van der Waals surface area contributed by atoms with Crippen molar-refractivity contribution in [2.75, 3.05) is 5.32 Å². The smallest absolute Gasteiger partial charge is 0.140 e. The van der Waals surface area contributed by atoms with Crippen molar-refractivity contribution in [3.05, 3.63) is 65.5 Å². The van der Waals surface area contributed by atoms with E-state index in [9.17, 15) is 9.65 Å². The zero-order valence-electron chi connectivity index (χ0n) is 10.0. The van der Waals surface area contributed by atoms with Gasteiger partial charge in [-0.1, -0.05) is 29.8 Å². The number of halogens is 1. The van der Waals surface area contributed by atoms with Crippen LogP contribution in [0.25, 0.3) is 0 Å². The first-order chi connectivity index (χ1) is 8.69. The molecule has 2 nitrogen and oxygen atoms in total. The molecule has 0 amide bonds. The fraction of sp³-hybridized carbons (Fsp3) is 0.133. The topological polar surface area (TPSA) is 35.8 Å². The summed E-state index contributed by atoms with van der Waals surface area (Å²) in [5.41, 5.74) is 2.77. The first-order valence-corrected chi connectivity index (χ1v) is 5.67. The van der Waals surface area contributed by atoms with Gasteiger partial charge in [-0.05, 0) is 36.8 Å². The maximum Gasteiger partial charge on any atom is 0.140 e. The van der Waals surface area contributed by atoms with Gasteiger partial charge in [-0.3, -0.25) is 0 Å². The summed E-state index contributed by atoms with van der Waals surface area (Å²) >= 11 is 0. The molecule has 0 saturated carbocycles. The van der Waals surface area contributed by atoms with Crippen LogP contribution >= 0.6 is 0 Å². The van der Waals surface area contributed by atoms with Crippen LogP contribution in [0, 0.1) is 24.1 Å². The van der Waals surface area contributed by atoms with Gasteiger partial charge in [0.05, 0.1) is 6.07 Å². The Morgan fingerprint density at radius 3 is 2.22 bits per heavy atom. The Bertz CT molecular complexity index is 553. The van der Waals surface area contributed by atoms with Crippen LogP contribution < -0.4 is 5.32 Å². The number of rotatable bonds is 3. The molecule has 2 rings (SSSR count). The molecule has 0 spiro atoms. The third kappa shape index (κ3) is 2.86. The van der Waals surface area contributed by atoms with Crippen LogP contribution in [-0.2, 0) is 0 Å². The van der Waals surface area contributed by atoms with E-state index in [-0.39, 0.29) is 5.82 Å². The number of aryl methyl sites for hydroxylation is 1. The zero-order valence-corrected chi connectivity index (χ0v) is 10.0. The van der Waals surface area contributed by atoms with Crippen molar-refractivity contribution in [2.24, 2.45) is 0 Å². The first kappa shape index (κ1) is 12.1.